The van der Waals surface area contributed by atoms with E-state index in [2.05, 4.69) is 107 Å². The van der Waals surface area contributed by atoms with Gasteiger partial charge < -0.3 is 15.1 Å². The summed E-state index contributed by atoms with van der Waals surface area (Å²) in [6, 6.07) is 37.5. The third kappa shape index (κ3) is 4.87. The number of benzene rings is 4. The lowest BCUT2D eigenvalue weighted by Crippen LogP contribution is -2.43. The van der Waals surface area contributed by atoms with Gasteiger partial charge in [-0.2, -0.15) is 0 Å². The van der Waals surface area contributed by atoms with Crippen LogP contribution < -0.4 is 5.32 Å². The molecule has 2 heterocycles. The van der Waals surface area contributed by atoms with Gasteiger partial charge in [0.25, 0.3) is 0 Å². The molecule has 2 aliphatic heterocycles. The molecule has 0 bridgehead atoms. The van der Waals surface area contributed by atoms with Gasteiger partial charge in [-0.15, -0.1) is 0 Å². The van der Waals surface area contributed by atoms with Gasteiger partial charge in [-0.05, 0) is 47.0 Å². The summed E-state index contributed by atoms with van der Waals surface area (Å²) >= 11 is 0. The fraction of sp³-hybridized carbons (Fsp3) is 0.0833. The van der Waals surface area contributed by atoms with Crippen LogP contribution in [-0.2, 0) is 5.54 Å². The Hall–Kier alpha value is -5.16. The molecule has 0 radical (unpaired) electrons. The number of hydrogen-bond acceptors (Lipinski definition) is 4. The number of nitrogens with one attached hydrogen (secondary N) is 2. The number of allylic oxidation sites excluding steroid dienone is 3. The first-order valence-corrected chi connectivity index (χ1v) is 13.6. The summed E-state index contributed by atoms with van der Waals surface area (Å²) in [5.41, 5.74) is 5.17. The molecule has 0 saturated heterocycles. The van der Waals surface area contributed by atoms with Gasteiger partial charge in [0.05, 0.1) is 5.71 Å². The average molecular weight is 539 g/mol. The molecule has 0 amide bonds. The second-order valence-corrected chi connectivity index (χ2v) is 10.2. The third-order valence-electron chi connectivity index (χ3n) is 7.72. The highest BCUT2D eigenvalue weighted by Gasteiger charge is 2.40. The van der Waals surface area contributed by atoms with Crippen LogP contribution in [0, 0.1) is 11.2 Å². The molecule has 0 aliphatic carbocycles. The number of fused-ring (bicyclic) bond motifs is 1. The van der Waals surface area contributed by atoms with Crippen molar-refractivity contribution in [2.45, 2.75) is 11.7 Å². The van der Waals surface area contributed by atoms with E-state index >= 15 is 0 Å². The van der Waals surface area contributed by atoms with Crippen LogP contribution in [0.4, 0.5) is 4.39 Å². The van der Waals surface area contributed by atoms with Crippen molar-refractivity contribution in [3.63, 3.8) is 0 Å². The quantitative estimate of drug-likeness (QED) is 0.185. The molecule has 41 heavy (non-hydrogen) atoms. The fourth-order valence-electron chi connectivity index (χ4n) is 5.74. The number of rotatable bonds is 8. The first kappa shape index (κ1) is 26.1. The molecule has 202 valence electrons. The minimum absolute atomic E-state index is 0.0507. The van der Waals surface area contributed by atoms with Crippen molar-refractivity contribution in [3.05, 3.63) is 191 Å². The summed E-state index contributed by atoms with van der Waals surface area (Å²) in [7, 11) is 2.07. The molecule has 1 unspecified atom stereocenters. The third-order valence-corrected chi connectivity index (χ3v) is 7.72. The summed E-state index contributed by atoms with van der Waals surface area (Å²) < 4.78 is 13.8. The van der Waals surface area contributed by atoms with Gasteiger partial charge in [0, 0.05) is 48.6 Å². The molecule has 2 N–H and O–H groups in total. The highest BCUT2D eigenvalue weighted by molar-refractivity contribution is 6.13. The average Bonchev–Trinajstić information content (AvgIpc) is 3.50. The van der Waals surface area contributed by atoms with Crippen molar-refractivity contribution in [1.29, 1.82) is 5.41 Å². The Kier molecular flexibility index (Phi) is 7.09. The Bertz CT molecular complexity index is 1540. The molecule has 4 nitrogen and oxygen atoms in total. The van der Waals surface area contributed by atoms with Crippen LogP contribution in [0.3, 0.4) is 0 Å². The fourth-order valence-corrected chi connectivity index (χ4v) is 5.74. The molecule has 6 rings (SSSR count). The Morgan fingerprint density at radius 1 is 0.829 bits per heavy atom. The van der Waals surface area contributed by atoms with Crippen molar-refractivity contribution in [2.75, 3.05) is 7.05 Å². The normalized spacial score (nSPS) is 16.1. The monoisotopic (exact) mass is 538 g/mol. The SMILES string of the molecule is CN(/C=C(\C(=N)c1ccc(F)cc1)C1=CN2C=CNC2C=C1)C(c1ccccc1)(c1ccccc1)c1ccccc1. The summed E-state index contributed by atoms with van der Waals surface area (Å²) in [6.07, 6.45) is 12.2. The van der Waals surface area contributed by atoms with Gasteiger partial charge in [-0.3, -0.25) is 5.41 Å². The van der Waals surface area contributed by atoms with Gasteiger partial charge in [0.15, 0.2) is 0 Å². The van der Waals surface area contributed by atoms with E-state index in [0.29, 0.717) is 11.3 Å². The molecular weight excluding hydrogens is 507 g/mol. The van der Waals surface area contributed by atoms with Gasteiger partial charge >= 0.3 is 0 Å². The van der Waals surface area contributed by atoms with Crippen molar-refractivity contribution in [2.24, 2.45) is 0 Å². The van der Waals surface area contributed by atoms with E-state index in [1.165, 1.54) is 12.1 Å². The summed E-state index contributed by atoms with van der Waals surface area (Å²) in [5, 5.41) is 12.7. The first-order chi connectivity index (χ1) is 20.1. The van der Waals surface area contributed by atoms with E-state index in [1.54, 1.807) is 12.1 Å². The van der Waals surface area contributed by atoms with E-state index < -0.39 is 5.54 Å². The van der Waals surface area contributed by atoms with Crippen LogP contribution in [-0.4, -0.2) is 28.7 Å². The topological polar surface area (TPSA) is 42.4 Å². The van der Waals surface area contributed by atoms with E-state index in [1.807, 2.05) is 42.9 Å². The Morgan fingerprint density at radius 2 is 1.37 bits per heavy atom. The van der Waals surface area contributed by atoms with Gasteiger partial charge in [0.2, 0.25) is 0 Å². The lowest BCUT2D eigenvalue weighted by atomic mass is 9.75. The summed E-state index contributed by atoms with van der Waals surface area (Å²) in [4.78, 5) is 4.29. The molecule has 0 spiro atoms. The van der Waals surface area contributed by atoms with E-state index in [9.17, 15) is 9.80 Å². The number of hydrogen-bond donors (Lipinski definition) is 2. The summed E-state index contributed by atoms with van der Waals surface area (Å²) in [6.45, 7) is 0. The number of nitrogens with zero attached hydrogens (tertiary/aromatic N) is 2. The zero-order valence-electron chi connectivity index (χ0n) is 22.8. The van der Waals surface area contributed by atoms with Crippen LogP contribution in [0.5, 0.6) is 0 Å². The highest BCUT2D eigenvalue weighted by atomic mass is 19.1. The molecule has 0 aromatic heterocycles. The lowest BCUT2D eigenvalue weighted by molar-refractivity contribution is 0.280. The largest absolute Gasteiger partial charge is 0.366 e. The van der Waals surface area contributed by atoms with Crippen LogP contribution in [0.25, 0.3) is 0 Å². The molecule has 2 aliphatic rings. The van der Waals surface area contributed by atoms with Crippen molar-refractivity contribution < 1.29 is 4.39 Å². The van der Waals surface area contributed by atoms with Crippen LogP contribution >= 0.6 is 0 Å². The van der Waals surface area contributed by atoms with Crippen LogP contribution in [0.1, 0.15) is 22.3 Å². The van der Waals surface area contributed by atoms with Crippen molar-refractivity contribution in [1.82, 2.24) is 15.1 Å². The smallest absolute Gasteiger partial charge is 0.123 e. The van der Waals surface area contributed by atoms with E-state index in [-0.39, 0.29) is 12.0 Å². The molecule has 0 saturated carbocycles. The molecule has 1 atom stereocenters. The van der Waals surface area contributed by atoms with Crippen LogP contribution in [0.15, 0.2) is 163 Å². The first-order valence-electron chi connectivity index (χ1n) is 13.6. The van der Waals surface area contributed by atoms with Crippen molar-refractivity contribution >= 4 is 5.71 Å². The predicted molar refractivity (Wildman–Crippen MR) is 163 cm³/mol. The minimum Gasteiger partial charge on any atom is -0.366 e. The number of halogens is 1. The Morgan fingerprint density at radius 3 is 1.90 bits per heavy atom. The standard InChI is InChI=1S/C36H31FN4/c1-40(36(29-11-5-2-6-12-29,30-13-7-3-8-14-30)31-15-9-4-10-16-31)26-33(35(38)27-17-20-32(37)21-18-27)28-19-22-34-39-23-24-41(34)25-28/h2-26,34,38-39H,1H3/b33-26-,38-35?. The maximum atomic E-state index is 13.8. The predicted octanol–water partition coefficient (Wildman–Crippen LogP) is 7.16. The van der Waals surface area contributed by atoms with E-state index in [0.717, 1.165) is 27.8 Å². The summed E-state index contributed by atoms with van der Waals surface area (Å²) in [5.74, 6) is -0.326. The lowest BCUT2D eigenvalue weighted by Gasteiger charge is -2.44. The Balaban J connectivity index is 1.58. The molecule has 0 fully saturated rings. The van der Waals surface area contributed by atoms with Crippen molar-refractivity contribution in [3.8, 4) is 0 Å². The molecule has 4 aromatic rings. The second-order valence-electron chi connectivity index (χ2n) is 10.2. The van der Waals surface area contributed by atoms with Gasteiger partial charge in [-0.25, -0.2) is 4.39 Å². The zero-order valence-corrected chi connectivity index (χ0v) is 22.8. The van der Waals surface area contributed by atoms with Crippen LogP contribution in [0.2, 0.25) is 0 Å². The maximum Gasteiger partial charge on any atom is 0.123 e. The zero-order chi connectivity index (χ0) is 28.2. The highest BCUT2D eigenvalue weighted by Crippen LogP contribution is 2.42. The molecule has 5 heteroatoms. The van der Waals surface area contributed by atoms with E-state index in [4.69, 9.17) is 0 Å². The second kappa shape index (κ2) is 11.1. The molecular formula is C36H31FN4. The molecule has 4 aromatic carbocycles. The van der Waals surface area contributed by atoms with Gasteiger partial charge in [0.1, 0.15) is 17.5 Å². The minimum atomic E-state index is -0.700. The van der Waals surface area contributed by atoms with Gasteiger partial charge in [-0.1, -0.05) is 97.1 Å². The Labute approximate surface area is 240 Å². The maximum absolute atomic E-state index is 13.8.